The molecule has 1 heterocycles. The van der Waals surface area contributed by atoms with Crippen molar-refractivity contribution in [2.45, 2.75) is 83.7 Å². The fraction of sp³-hybridized carbons (Fsp3) is 0.867. The average molecular weight is 240 g/mol. The molecule has 0 spiro atoms. The summed E-state index contributed by atoms with van der Waals surface area (Å²) in [6, 6.07) is 0. The van der Waals surface area contributed by atoms with Gasteiger partial charge in [0.1, 0.15) is 0 Å². The summed E-state index contributed by atoms with van der Waals surface area (Å²) in [5.74, 6) is 0. The molecular formula is C15H29P. The van der Waals surface area contributed by atoms with E-state index in [1.165, 1.54) is 12.8 Å². The first-order chi connectivity index (χ1) is 7.00. The lowest BCUT2D eigenvalue weighted by Crippen LogP contribution is -2.42. The van der Waals surface area contributed by atoms with Crippen LogP contribution in [0.25, 0.3) is 0 Å². The Morgan fingerprint density at radius 1 is 1.00 bits per heavy atom. The fourth-order valence-electron chi connectivity index (χ4n) is 4.17. The van der Waals surface area contributed by atoms with Crippen LogP contribution in [0.15, 0.2) is 11.6 Å². The molecule has 1 aliphatic rings. The molecule has 0 radical (unpaired) electrons. The van der Waals surface area contributed by atoms with Crippen molar-refractivity contribution in [3.63, 3.8) is 0 Å². The first kappa shape index (κ1) is 14.2. The number of hydrogen-bond donors (Lipinski definition) is 0. The lowest BCUT2D eigenvalue weighted by molar-refractivity contribution is 0.526. The maximum atomic E-state index is 2.48. The monoisotopic (exact) mass is 240 g/mol. The van der Waals surface area contributed by atoms with Crippen molar-refractivity contribution in [3.8, 4) is 0 Å². The van der Waals surface area contributed by atoms with E-state index in [9.17, 15) is 0 Å². The van der Waals surface area contributed by atoms with Gasteiger partial charge in [-0.3, -0.25) is 0 Å². The Hall–Kier alpha value is 0.170. The Labute approximate surface area is 104 Å². The molecule has 1 saturated heterocycles. The zero-order valence-electron chi connectivity index (χ0n) is 12.4. The molecule has 0 atom stereocenters. The highest BCUT2D eigenvalue weighted by molar-refractivity contribution is 7.62. The van der Waals surface area contributed by atoms with E-state index in [-0.39, 0.29) is 7.92 Å². The standard InChI is InChI=1S/C15H29P/c1-9-12-10-14(5,6)16(13(2,3)4)15(7,8)11-12/h9H,10-11H2,1-8H3. The molecule has 0 aromatic heterocycles. The second-order valence-electron chi connectivity index (χ2n) is 7.43. The predicted molar refractivity (Wildman–Crippen MR) is 77.8 cm³/mol. The van der Waals surface area contributed by atoms with Crippen LogP contribution in [0.1, 0.15) is 68.2 Å². The minimum absolute atomic E-state index is 0.0275. The lowest BCUT2D eigenvalue weighted by atomic mass is 9.92. The number of allylic oxidation sites excluding steroid dienone is 2. The Balaban J connectivity index is 3.17. The summed E-state index contributed by atoms with van der Waals surface area (Å²) in [6.45, 7) is 19.4. The van der Waals surface area contributed by atoms with Crippen molar-refractivity contribution >= 4 is 7.92 Å². The van der Waals surface area contributed by atoms with Crippen LogP contribution in [0.5, 0.6) is 0 Å². The molecular weight excluding hydrogens is 211 g/mol. The van der Waals surface area contributed by atoms with Gasteiger partial charge < -0.3 is 0 Å². The maximum absolute atomic E-state index is 2.48. The smallest absolute Gasteiger partial charge is 0.0104 e. The summed E-state index contributed by atoms with van der Waals surface area (Å²) in [5.41, 5.74) is 1.66. The third-order valence-electron chi connectivity index (χ3n) is 3.61. The predicted octanol–water partition coefficient (Wildman–Crippen LogP) is 5.56. The first-order valence-corrected chi connectivity index (χ1v) is 7.79. The van der Waals surface area contributed by atoms with Gasteiger partial charge >= 0.3 is 0 Å². The van der Waals surface area contributed by atoms with Gasteiger partial charge in [0, 0.05) is 0 Å². The van der Waals surface area contributed by atoms with Crippen LogP contribution in [-0.2, 0) is 0 Å². The summed E-state index contributed by atoms with van der Waals surface area (Å²) in [4.78, 5) is 0. The van der Waals surface area contributed by atoms with Crippen LogP contribution in [0.3, 0.4) is 0 Å². The molecule has 0 amide bonds. The molecule has 0 N–H and O–H groups in total. The van der Waals surface area contributed by atoms with Crippen molar-refractivity contribution in [2.75, 3.05) is 0 Å². The van der Waals surface area contributed by atoms with E-state index in [1.807, 2.05) is 0 Å². The van der Waals surface area contributed by atoms with E-state index in [4.69, 9.17) is 0 Å². The van der Waals surface area contributed by atoms with E-state index in [1.54, 1.807) is 5.57 Å². The molecule has 94 valence electrons. The summed E-state index contributed by atoms with van der Waals surface area (Å²) >= 11 is 0. The summed E-state index contributed by atoms with van der Waals surface area (Å²) < 4.78 is 0. The van der Waals surface area contributed by atoms with Gasteiger partial charge in [-0.15, -0.1) is 0 Å². The summed E-state index contributed by atoms with van der Waals surface area (Å²) in [5, 5.41) is 1.43. The zero-order chi connectivity index (χ0) is 12.8. The van der Waals surface area contributed by atoms with Gasteiger partial charge in [0.05, 0.1) is 0 Å². The Morgan fingerprint density at radius 2 is 1.38 bits per heavy atom. The average Bonchev–Trinajstić information content (AvgIpc) is 1.95. The van der Waals surface area contributed by atoms with Gasteiger partial charge in [-0.25, -0.2) is 0 Å². The van der Waals surface area contributed by atoms with Crippen LogP contribution in [-0.4, -0.2) is 15.5 Å². The topological polar surface area (TPSA) is 0 Å². The fourth-order valence-corrected chi connectivity index (χ4v) is 10.2. The molecule has 0 aromatic rings. The molecule has 0 aromatic carbocycles. The number of rotatable bonds is 0. The Morgan fingerprint density at radius 3 is 1.62 bits per heavy atom. The highest BCUT2D eigenvalue weighted by atomic mass is 31.1. The van der Waals surface area contributed by atoms with E-state index >= 15 is 0 Å². The molecule has 0 aliphatic carbocycles. The molecule has 1 aliphatic heterocycles. The van der Waals surface area contributed by atoms with Gasteiger partial charge in [0.2, 0.25) is 0 Å². The quantitative estimate of drug-likeness (QED) is 0.384. The van der Waals surface area contributed by atoms with Crippen molar-refractivity contribution in [1.29, 1.82) is 0 Å². The Kier molecular flexibility index (Phi) is 3.67. The maximum Gasteiger partial charge on any atom is -0.0104 e. The largest absolute Gasteiger partial charge is 0.0889 e. The van der Waals surface area contributed by atoms with Crippen LogP contribution >= 0.6 is 7.92 Å². The third kappa shape index (κ3) is 2.70. The van der Waals surface area contributed by atoms with Gasteiger partial charge in [0.25, 0.3) is 0 Å². The van der Waals surface area contributed by atoms with E-state index in [0.717, 1.165) is 0 Å². The SMILES string of the molecule is CC=C1CC(C)(C)P(C(C)(C)C)C(C)(C)C1. The number of hydrogen-bond acceptors (Lipinski definition) is 0. The highest BCUT2D eigenvalue weighted by Gasteiger charge is 2.49. The van der Waals surface area contributed by atoms with E-state index in [0.29, 0.717) is 15.5 Å². The molecule has 0 saturated carbocycles. The van der Waals surface area contributed by atoms with Crippen LogP contribution in [0, 0.1) is 0 Å². The van der Waals surface area contributed by atoms with Crippen molar-refractivity contribution in [2.24, 2.45) is 0 Å². The summed E-state index contributed by atoms with van der Waals surface area (Å²) in [6.07, 6.45) is 4.95. The van der Waals surface area contributed by atoms with Crippen molar-refractivity contribution in [3.05, 3.63) is 11.6 Å². The minimum Gasteiger partial charge on any atom is -0.0889 e. The zero-order valence-corrected chi connectivity index (χ0v) is 13.3. The second kappa shape index (κ2) is 4.13. The second-order valence-corrected chi connectivity index (χ2v) is 11.9. The van der Waals surface area contributed by atoms with E-state index < -0.39 is 0 Å². The van der Waals surface area contributed by atoms with Crippen molar-refractivity contribution < 1.29 is 0 Å². The first-order valence-electron chi connectivity index (χ1n) is 6.45. The third-order valence-corrected chi connectivity index (χ3v) is 7.69. The lowest BCUT2D eigenvalue weighted by Gasteiger charge is -2.56. The van der Waals surface area contributed by atoms with Gasteiger partial charge in [-0.05, 0) is 35.2 Å². The normalized spacial score (nSPS) is 29.0. The highest BCUT2D eigenvalue weighted by Crippen LogP contribution is 2.72. The molecule has 0 bridgehead atoms. The van der Waals surface area contributed by atoms with Crippen LogP contribution < -0.4 is 0 Å². The molecule has 16 heavy (non-hydrogen) atoms. The molecule has 1 fully saturated rings. The summed E-state index contributed by atoms with van der Waals surface area (Å²) in [7, 11) is 0.0275. The Bertz CT molecular complexity index is 269. The van der Waals surface area contributed by atoms with Crippen LogP contribution in [0.4, 0.5) is 0 Å². The molecule has 1 rings (SSSR count). The molecule has 0 nitrogen and oxygen atoms in total. The molecule has 1 heteroatoms. The van der Waals surface area contributed by atoms with Gasteiger partial charge in [-0.1, -0.05) is 68.0 Å². The van der Waals surface area contributed by atoms with Gasteiger partial charge in [-0.2, -0.15) is 0 Å². The molecule has 0 unspecified atom stereocenters. The van der Waals surface area contributed by atoms with Crippen LogP contribution in [0.2, 0.25) is 0 Å². The minimum atomic E-state index is 0.0275. The van der Waals surface area contributed by atoms with Crippen molar-refractivity contribution in [1.82, 2.24) is 0 Å². The van der Waals surface area contributed by atoms with Gasteiger partial charge in [0.15, 0.2) is 0 Å². The van der Waals surface area contributed by atoms with E-state index in [2.05, 4.69) is 61.5 Å².